The van der Waals surface area contributed by atoms with Crippen LogP contribution in [-0.2, 0) is 23.9 Å². The Bertz CT molecular complexity index is 858. The first-order valence-corrected chi connectivity index (χ1v) is 8.23. The highest BCUT2D eigenvalue weighted by Crippen LogP contribution is 2.29. The minimum absolute atomic E-state index is 0.136. The standard InChI is InChI=1S/C16H13F3N4OS/c17-16(18,19)12-3-1-2-11(6-12)7-15(24)20-8-13-9-23(22-21-13)14-4-5-25-10-14/h1-6,9-10H,7-8H2,(H,20,24). The Hall–Kier alpha value is -2.68. The maximum Gasteiger partial charge on any atom is 0.416 e. The van der Waals surface area contributed by atoms with E-state index in [9.17, 15) is 18.0 Å². The molecule has 0 saturated heterocycles. The van der Waals surface area contributed by atoms with Gasteiger partial charge in [0.05, 0.1) is 30.4 Å². The molecule has 0 radical (unpaired) electrons. The number of rotatable bonds is 5. The van der Waals surface area contributed by atoms with Gasteiger partial charge in [0.1, 0.15) is 5.69 Å². The highest BCUT2D eigenvalue weighted by atomic mass is 32.1. The van der Waals surface area contributed by atoms with E-state index in [0.717, 1.165) is 17.8 Å². The van der Waals surface area contributed by atoms with Crippen molar-refractivity contribution in [2.75, 3.05) is 0 Å². The fraction of sp³-hybridized carbons (Fsp3) is 0.188. The van der Waals surface area contributed by atoms with Gasteiger partial charge in [0, 0.05) is 5.38 Å². The van der Waals surface area contributed by atoms with E-state index in [2.05, 4.69) is 15.6 Å². The summed E-state index contributed by atoms with van der Waals surface area (Å²) in [6.07, 6.45) is -2.87. The number of benzene rings is 1. The van der Waals surface area contributed by atoms with Gasteiger partial charge in [0.15, 0.2) is 0 Å². The number of hydrogen-bond donors (Lipinski definition) is 1. The van der Waals surface area contributed by atoms with Crippen LogP contribution in [0.1, 0.15) is 16.8 Å². The van der Waals surface area contributed by atoms with Crippen LogP contribution in [0, 0.1) is 0 Å². The van der Waals surface area contributed by atoms with E-state index in [-0.39, 0.29) is 18.9 Å². The molecular weight excluding hydrogens is 353 g/mol. The summed E-state index contributed by atoms with van der Waals surface area (Å²) in [6, 6.07) is 6.62. The second kappa shape index (κ2) is 7.06. The van der Waals surface area contributed by atoms with Crippen molar-refractivity contribution >= 4 is 17.2 Å². The van der Waals surface area contributed by atoms with Crippen LogP contribution in [0.4, 0.5) is 13.2 Å². The van der Waals surface area contributed by atoms with Gasteiger partial charge in [0.2, 0.25) is 5.91 Å². The van der Waals surface area contributed by atoms with E-state index >= 15 is 0 Å². The largest absolute Gasteiger partial charge is 0.416 e. The van der Waals surface area contributed by atoms with Crippen LogP contribution in [0.3, 0.4) is 0 Å². The molecule has 3 rings (SSSR count). The lowest BCUT2D eigenvalue weighted by molar-refractivity contribution is -0.137. The van der Waals surface area contributed by atoms with Gasteiger partial charge in [-0.3, -0.25) is 4.79 Å². The molecule has 9 heteroatoms. The van der Waals surface area contributed by atoms with Crippen molar-refractivity contribution in [2.45, 2.75) is 19.1 Å². The zero-order valence-electron chi connectivity index (χ0n) is 12.8. The third kappa shape index (κ3) is 4.44. The summed E-state index contributed by atoms with van der Waals surface area (Å²) in [5.41, 5.74) is 0.966. The lowest BCUT2D eigenvalue weighted by atomic mass is 10.1. The van der Waals surface area contributed by atoms with E-state index in [4.69, 9.17) is 0 Å². The molecule has 0 fully saturated rings. The third-order valence-electron chi connectivity index (χ3n) is 3.40. The topological polar surface area (TPSA) is 59.8 Å². The number of nitrogens with one attached hydrogen (secondary N) is 1. The van der Waals surface area contributed by atoms with Gasteiger partial charge >= 0.3 is 6.18 Å². The van der Waals surface area contributed by atoms with Crippen molar-refractivity contribution in [2.24, 2.45) is 0 Å². The maximum atomic E-state index is 12.7. The Labute approximate surface area is 145 Å². The van der Waals surface area contributed by atoms with Crippen LogP contribution in [0.2, 0.25) is 0 Å². The number of carbonyl (C=O) groups excluding carboxylic acids is 1. The first-order chi connectivity index (χ1) is 11.9. The molecule has 1 aromatic carbocycles. The number of alkyl halides is 3. The molecule has 0 spiro atoms. The monoisotopic (exact) mass is 366 g/mol. The number of carbonyl (C=O) groups is 1. The quantitative estimate of drug-likeness (QED) is 0.754. The van der Waals surface area contributed by atoms with Crippen molar-refractivity contribution in [3.8, 4) is 5.69 Å². The molecule has 130 valence electrons. The number of aromatic nitrogens is 3. The summed E-state index contributed by atoms with van der Waals surface area (Å²) >= 11 is 1.53. The van der Waals surface area contributed by atoms with Crippen LogP contribution >= 0.6 is 11.3 Å². The van der Waals surface area contributed by atoms with Crippen molar-refractivity contribution in [1.82, 2.24) is 20.3 Å². The zero-order valence-corrected chi connectivity index (χ0v) is 13.6. The fourth-order valence-corrected chi connectivity index (χ4v) is 2.81. The predicted octanol–water partition coefficient (Wildman–Crippen LogP) is 3.21. The Kier molecular flexibility index (Phi) is 4.84. The molecule has 5 nitrogen and oxygen atoms in total. The Morgan fingerprint density at radius 1 is 1.28 bits per heavy atom. The van der Waals surface area contributed by atoms with Crippen molar-refractivity contribution < 1.29 is 18.0 Å². The van der Waals surface area contributed by atoms with E-state index in [1.54, 1.807) is 10.9 Å². The van der Waals surface area contributed by atoms with Gasteiger partial charge in [-0.05, 0) is 23.1 Å². The van der Waals surface area contributed by atoms with Crippen molar-refractivity contribution in [3.63, 3.8) is 0 Å². The maximum absolute atomic E-state index is 12.7. The van der Waals surface area contributed by atoms with Gasteiger partial charge in [-0.25, -0.2) is 4.68 Å². The SMILES string of the molecule is O=C(Cc1cccc(C(F)(F)F)c1)NCc1cn(-c2ccsc2)nn1. The molecule has 2 heterocycles. The first kappa shape index (κ1) is 17.2. The molecule has 0 saturated carbocycles. The molecule has 2 aromatic heterocycles. The van der Waals surface area contributed by atoms with E-state index < -0.39 is 11.7 Å². The summed E-state index contributed by atoms with van der Waals surface area (Å²) in [4.78, 5) is 11.9. The third-order valence-corrected chi connectivity index (χ3v) is 4.07. The molecular formula is C16H13F3N4OS. The number of nitrogens with zero attached hydrogens (tertiary/aromatic N) is 3. The summed E-state index contributed by atoms with van der Waals surface area (Å²) in [7, 11) is 0. The second-order valence-corrected chi connectivity index (χ2v) is 6.07. The molecule has 0 bridgehead atoms. The number of thiophene rings is 1. The molecule has 0 aliphatic rings. The molecule has 0 aliphatic carbocycles. The molecule has 1 amide bonds. The van der Waals surface area contributed by atoms with E-state index in [1.165, 1.54) is 23.5 Å². The van der Waals surface area contributed by atoms with Gasteiger partial charge in [0.25, 0.3) is 0 Å². The van der Waals surface area contributed by atoms with Crippen LogP contribution in [0.5, 0.6) is 0 Å². The zero-order chi connectivity index (χ0) is 17.9. The smallest absolute Gasteiger partial charge is 0.350 e. The van der Waals surface area contributed by atoms with E-state index in [0.29, 0.717) is 11.3 Å². The highest BCUT2D eigenvalue weighted by molar-refractivity contribution is 7.08. The van der Waals surface area contributed by atoms with Crippen LogP contribution in [-0.4, -0.2) is 20.9 Å². The van der Waals surface area contributed by atoms with Crippen LogP contribution in [0.25, 0.3) is 5.69 Å². The summed E-state index contributed by atoms with van der Waals surface area (Å²) in [5, 5.41) is 14.4. The normalized spacial score (nSPS) is 11.5. The van der Waals surface area contributed by atoms with Gasteiger partial charge in [-0.15, -0.1) is 5.10 Å². The van der Waals surface area contributed by atoms with Crippen molar-refractivity contribution in [1.29, 1.82) is 0 Å². The first-order valence-electron chi connectivity index (χ1n) is 7.28. The second-order valence-electron chi connectivity index (χ2n) is 5.29. The molecule has 0 unspecified atom stereocenters. The highest BCUT2D eigenvalue weighted by Gasteiger charge is 2.30. The number of halogens is 3. The minimum Gasteiger partial charge on any atom is -0.350 e. The number of amides is 1. The molecule has 0 atom stereocenters. The Balaban J connectivity index is 1.57. The van der Waals surface area contributed by atoms with Crippen LogP contribution < -0.4 is 5.32 Å². The van der Waals surface area contributed by atoms with Gasteiger partial charge in [-0.2, -0.15) is 24.5 Å². The molecule has 25 heavy (non-hydrogen) atoms. The Morgan fingerprint density at radius 2 is 2.12 bits per heavy atom. The van der Waals surface area contributed by atoms with Crippen LogP contribution in [0.15, 0.2) is 47.3 Å². The van der Waals surface area contributed by atoms with Gasteiger partial charge < -0.3 is 5.32 Å². The Morgan fingerprint density at radius 3 is 2.84 bits per heavy atom. The minimum atomic E-state index is -4.42. The average molecular weight is 366 g/mol. The number of hydrogen-bond acceptors (Lipinski definition) is 4. The average Bonchev–Trinajstić information content (AvgIpc) is 3.24. The molecule has 3 aromatic rings. The lowest BCUT2D eigenvalue weighted by Gasteiger charge is -2.08. The lowest BCUT2D eigenvalue weighted by Crippen LogP contribution is -2.24. The summed E-state index contributed by atoms with van der Waals surface area (Å²) in [6.45, 7) is 0.155. The molecule has 1 N–H and O–H groups in total. The summed E-state index contributed by atoms with van der Waals surface area (Å²) in [5.74, 6) is -0.385. The van der Waals surface area contributed by atoms with E-state index in [1.807, 2.05) is 16.8 Å². The van der Waals surface area contributed by atoms with Crippen molar-refractivity contribution in [3.05, 3.63) is 64.1 Å². The predicted molar refractivity (Wildman–Crippen MR) is 86.2 cm³/mol. The summed E-state index contributed by atoms with van der Waals surface area (Å²) < 4.78 is 39.6. The van der Waals surface area contributed by atoms with Gasteiger partial charge in [-0.1, -0.05) is 23.4 Å². The fourth-order valence-electron chi connectivity index (χ4n) is 2.19. The molecule has 0 aliphatic heterocycles.